The molecule has 1 unspecified atom stereocenters. The third-order valence-corrected chi connectivity index (χ3v) is 3.94. The zero-order valence-electron chi connectivity index (χ0n) is 12.3. The molecule has 0 bridgehead atoms. The summed E-state index contributed by atoms with van der Waals surface area (Å²) in [5.41, 5.74) is 8.50. The molecule has 1 atom stereocenters. The lowest BCUT2D eigenvalue weighted by molar-refractivity contribution is 0.338. The Morgan fingerprint density at radius 3 is 2.57 bits per heavy atom. The average molecular weight is 350 g/mol. The molecule has 0 radical (unpaired) electrons. The maximum absolute atomic E-state index is 6.33. The van der Waals surface area contributed by atoms with Crippen molar-refractivity contribution < 1.29 is 9.47 Å². The summed E-state index contributed by atoms with van der Waals surface area (Å²) in [5.74, 6) is 1.71. The highest BCUT2D eigenvalue weighted by Crippen LogP contribution is 2.30. The summed E-state index contributed by atoms with van der Waals surface area (Å²) in [7, 11) is 1.68. The van der Waals surface area contributed by atoms with Gasteiger partial charge in [-0.25, -0.2) is 0 Å². The first-order valence-electron chi connectivity index (χ1n) is 6.95. The molecule has 21 heavy (non-hydrogen) atoms. The summed E-state index contributed by atoms with van der Waals surface area (Å²) in [6.45, 7) is 2.61. The quantitative estimate of drug-likeness (QED) is 0.853. The summed E-state index contributed by atoms with van der Waals surface area (Å²) in [4.78, 5) is 0. The number of nitrogens with two attached hydrogens (primary N) is 1. The maximum atomic E-state index is 6.33. The van der Waals surface area contributed by atoms with E-state index in [9.17, 15) is 0 Å². The van der Waals surface area contributed by atoms with Crippen LogP contribution in [0.2, 0.25) is 0 Å². The predicted molar refractivity (Wildman–Crippen MR) is 88.9 cm³/mol. The van der Waals surface area contributed by atoms with Gasteiger partial charge in [0.2, 0.25) is 0 Å². The van der Waals surface area contributed by atoms with E-state index in [0.29, 0.717) is 6.61 Å². The van der Waals surface area contributed by atoms with Crippen molar-refractivity contribution in [2.75, 3.05) is 13.7 Å². The summed E-state index contributed by atoms with van der Waals surface area (Å²) in [6, 6.07) is 13.8. The Bertz CT molecular complexity index is 601. The third kappa shape index (κ3) is 3.99. The summed E-state index contributed by atoms with van der Waals surface area (Å²) < 4.78 is 11.8. The second-order valence-electron chi connectivity index (χ2n) is 4.75. The van der Waals surface area contributed by atoms with Gasteiger partial charge in [0.25, 0.3) is 0 Å². The molecular formula is C17H20BrNO2. The molecule has 2 aromatic rings. The Morgan fingerprint density at radius 2 is 1.90 bits per heavy atom. The van der Waals surface area contributed by atoms with Gasteiger partial charge < -0.3 is 15.2 Å². The van der Waals surface area contributed by atoms with Crippen LogP contribution in [0.15, 0.2) is 46.9 Å². The number of rotatable bonds is 6. The molecule has 0 aliphatic carbocycles. The van der Waals surface area contributed by atoms with Crippen LogP contribution < -0.4 is 15.2 Å². The standard InChI is InChI=1S/C17H20BrNO2/c1-3-21-17-9-8-12(10-14(17)18)15(19)11-13-6-4-5-7-16(13)20-2/h4-10,15H,3,11,19H2,1-2H3. The first-order valence-corrected chi connectivity index (χ1v) is 7.74. The highest BCUT2D eigenvalue weighted by Gasteiger charge is 2.12. The van der Waals surface area contributed by atoms with Crippen LogP contribution in [0.5, 0.6) is 11.5 Å². The minimum absolute atomic E-state index is 0.0896. The van der Waals surface area contributed by atoms with E-state index in [1.54, 1.807) is 7.11 Å². The molecule has 0 spiro atoms. The molecule has 2 aromatic carbocycles. The number of methoxy groups -OCH3 is 1. The van der Waals surface area contributed by atoms with E-state index in [4.69, 9.17) is 15.2 Å². The summed E-state index contributed by atoms with van der Waals surface area (Å²) in [5, 5.41) is 0. The number of benzene rings is 2. The van der Waals surface area contributed by atoms with Crippen LogP contribution in [0.4, 0.5) is 0 Å². The number of para-hydroxylation sites is 1. The molecular weight excluding hydrogens is 330 g/mol. The second kappa shape index (κ2) is 7.48. The molecule has 2 rings (SSSR count). The average Bonchev–Trinajstić information content (AvgIpc) is 2.50. The van der Waals surface area contributed by atoms with Crippen molar-refractivity contribution in [1.29, 1.82) is 0 Å². The molecule has 0 aromatic heterocycles. The van der Waals surface area contributed by atoms with E-state index in [0.717, 1.165) is 33.5 Å². The maximum Gasteiger partial charge on any atom is 0.133 e. The normalized spacial score (nSPS) is 12.0. The summed E-state index contributed by atoms with van der Waals surface area (Å²) >= 11 is 3.52. The number of ether oxygens (including phenoxy) is 2. The monoisotopic (exact) mass is 349 g/mol. The summed E-state index contributed by atoms with van der Waals surface area (Å²) in [6.07, 6.45) is 0.727. The fourth-order valence-corrected chi connectivity index (χ4v) is 2.76. The lowest BCUT2D eigenvalue weighted by Gasteiger charge is -2.16. The lowest BCUT2D eigenvalue weighted by Crippen LogP contribution is -2.14. The van der Waals surface area contributed by atoms with Crippen molar-refractivity contribution in [1.82, 2.24) is 0 Å². The van der Waals surface area contributed by atoms with Crippen molar-refractivity contribution in [3.63, 3.8) is 0 Å². The van der Waals surface area contributed by atoms with Crippen LogP contribution in [-0.2, 0) is 6.42 Å². The fraction of sp³-hybridized carbons (Fsp3) is 0.294. The van der Waals surface area contributed by atoms with Gasteiger partial charge in [0.1, 0.15) is 11.5 Å². The van der Waals surface area contributed by atoms with Gasteiger partial charge in [0, 0.05) is 6.04 Å². The van der Waals surface area contributed by atoms with Crippen LogP contribution in [0.3, 0.4) is 0 Å². The van der Waals surface area contributed by atoms with Gasteiger partial charge in [0.05, 0.1) is 18.2 Å². The Balaban J connectivity index is 2.16. The molecule has 4 heteroatoms. The molecule has 0 aliphatic heterocycles. The van der Waals surface area contributed by atoms with Crippen LogP contribution in [0.25, 0.3) is 0 Å². The second-order valence-corrected chi connectivity index (χ2v) is 5.60. The molecule has 0 heterocycles. The smallest absolute Gasteiger partial charge is 0.133 e. The molecule has 112 valence electrons. The number of hydrogen-bond donors (Lipinski definition) is 1. The van der Waals surface area contributed by atoms with Crippen molar-refractivity contribution in [2.24, 2.45) is 5.73 Å². The third-order valence-electron chi connectivity index (χ3n) is 3.32. The first-order chi connectivity index (χ1) is 10.2. The number of hydrogen-bond acceptors (Lipinski definition) is 3. The van der Waals surface area contributed by atoms with Gasteiger partial charge in [-0.05, 0) is 58.6 Å². The first kappa shape index (κ1) is 15.9. The minimum atomic E-state index is -0.0896. The van der Waals surface area contributed by atoms with Gasteiger partial charge in [0.15, 0.2) is 0 Å². The van der Waals surface area contributed by atoms with Crippen LogP contribution in [-0.4, -0.2) is 13.7 Å². The number of halogens is 1. The van der Waals surface area contributed by atoms with E-state index in [-0.39, 0.29) is 6.04 Å². The van der Waals surface area contributed by atoms with Gasteiger partial charge >= 0.3 is 0 Å². The van der Waals surface area contributed by atoms with Crippen molar-refractivity contribution in [3.8, 4) is 11.5 Å². The van der Waals surface area contributed by atoms with Gasteiger partial charge in [-0.3, -0.25) is 0 Å². The highest BCUT2D eigenvalue weighted by molar-refractivity contribution is 9.10. The van der Waals surface area contributed by atoms with Gasteiger partial charge in [-0.1, -0.05) is 24.3 Å². The topological polar surface area (TPSA) is 44.5 Å². The zero-order valence-corrected chi connectivity index (χ0v) is 13.9. The lowest BCUT2D eigenvalue weighted by atomic mass is 9.99. The molecule has 0 saturated carbocycles. The van der Waals surface area contributed by atoms with E-state index < -0.39 is 0 Å². The molecule has 2 N–H and O–H groups in total. The molecule has 0 aliphatic rings. The molecule has 3 nitrogen and oxygen atoms in total. The Morgan fingerprint density at radius 1 is 1.14 bits per heavy atom. The van der Waals surface area contributed by atoms with Crippen molar-refractivity contribution in [2.45, 2.75) is 19.4 Å². The van der Waals surface area contributed by atoms with Crippen molar-refractivity contribution >= 4 is 15.9 Å². The van der Waals surface area contributed by atoms with Gasteiger partial charge in [-0.15, -0.1) is 0 Å². The predicted octanol–water partition coefficient (Wildman–Crippen LogP) is 4.10. The van der Waals surface area contributed by atoms with E-state index in [1.165, 1.54) is 0 Å². The Kier molecular flexibility index (Phi) is 5.65. The van der Waals surface area contributed by atoms with Crippen molar-refractivity contribution in [3.05, 3.63) is 58.1 Å². The van der Waals surface area contributed by atoms with Gasteiger partial charge in [-0.2, -0.15) is 0 Å². The Hall–Kier alpha value is -1.52. The SMILES string of the molecule is CCOc1ccc(C(N)Cc2ccccc2OC)cc1Br. The van der Waals surface area contributed by atoms with Crippen LogP contribution >= 0.6 is 15.9 Å². The van der Waals surface area contributed by atoms with E-state index >= 15 is 0 Å². The Labute approximate surface area is 134 Å². The van der Waals surface area contributed by atoms with E-state index in [1.807, 2.05) is 49.4 Å². The molecule has 0 fully saturated rings. The van der Waals surface area contributed by atoms with Crippen LogP contribution in [0.1, 0.15) is 24.1 Å². The highest BCUT2D eigenvalue weighted by atomic mass is 79.9. The fourth-order valence-electron chi connectivity index (χ4n) is 2.25. The molecule has 0 saturated heterocycles. The largest absolute Gasteiger partial charge is 0.496 e. The zero-order chi connectivity index (χ0) is 15.2. The van der Waals surface area contributed by atoms with E-state index in [2.05, 4.69) is 15.9 Å². The molecule has 0 amide bonds. The van der Waals surface area contributed by atoms with Crippen LogP contribution in [0, 0.1) is 0 Å². The minimum Gasteiger partial charge on any atom is -0.496 e.